The van der Waals surface area contributed by atoms with E-state index in [1.807, 2.05) is 6.07 Å². The lowest BCUT2D eigenvalue weighted by Crippen LogP contribution is -1.83. The molecule has 0 heterocycles. The van der Waals surface area contributed by atoms with Crippen molar-refractivity contribution < 1.29 is 4.79 Å². The van der Waals surface area contributed by atoms with E-state index < -0.39 is 0 Å². The first-order valence-corrected chi connectivity index (χ1v) is 5.19. The molecule has 0 N–H and O–H groups in total. The zero-order chi connectivity index (χ0) is 11.0. The molecule has 0 atom stereocenters. The molecule has 0 aromatic heterocycles. The molecule has 0 bridgehead atoms. The van der Waals surface area contributed by atoms with Gasteiger partial charge >= 0.3 is 0 Å². The van der Waals surface area contributed by atoms with E-state index in [2.05, 4.69) is 38.1 Å². The maximum atomic E-state index is 9.58. The minimum atomic E-state index is -0.273. The van der Waals surface area contributed by atoms with Gasteiger partial charge in [0.1, 0.15) is 0 Å². The van der Waals surface area contributed by atoms with Gasteiger partial charge in [0.25, 0.3) is 0 Å². The predicted octanol–water partition coefficient (Wildman–Crippen LogP) is 3.97. The van der Waals surface area contributed by atoms with E-state index in [9.17, 15) is 4.79 Å². The second-order valence-electron chi connectivity index (χ2n) is 3.27. The molecule has 0 spiro atoms. The summed E-state index contributed by atoms with van der Waals surface area (Å²) in [4.78, 5) is 9.58. The molecular weight excluding hydrogens is 196 g/mol. The van der Waals surface area contributed by atoms with Crippen LogP contribution in [0.5, 0.6) is 0 Å². The lowest BCUT2D eigenvalue weighted by molar-refractivity contribution is -0.111. The molecule has 0 amide bonds. The summed E-state index contributed by atoms with van der Waals surface area (Å²) in [7, 11) is 0. The average molecular weight is 213 g/mol. The van der Waals surface area contributed by atoms with Gasteiger partial charge in [-0.1, -0.05) is 51.1 Å². The van der Waals surface area contributed by atoms with Crippen LogP contribution in [0.2, 0.25) is 0 Å². The van der Waals surface area contributed by atoms with Crippen molar-refractivity contribution in [1.82, 2.24) is 0 Å². The predicted molar refractivity (Wildman–Crippen MR) is 61.7 cm³/mol. The van der Waals surface area contributed by atoms with Crippen molar-refractivity contribution in [1.29, 1.82) is 0 Å². The highest BCUT2D eigenvalue weighted by atomic mass is 35.5. The van der Waals surface area contributed by atoms with Gasteiger partial charge in [-0.15, -0.1) is 0 Å². The van der Waals surface area contributed by atoms with Gasteiger partial charge < -0.3 is 0 Å². The van der Waals surface area contributed by atoms with Gasteiger partial charge in [0.2, 0.25) is 5.24 Å². The molecule has 1 rings (SSSR count). The van der Waals surface area contributed by atoms with Crippen LogP contribution < -0.4 is 0 Å². The fraction of sp³-hybridized carbons (Fsp3) is 0.417. The fourth-order valence-electron chi connectivity index (χ4n) is 0.838. The van der Waals surface area contributed by atoms with Crippen molar-refractivity contribution >= 4 is 16.8 Å². The second kappa shape index (κ2) is 7.57. The number of carbonyl (C=O) groups excluding carboxylic acids is 1. The topological polar surface area (TPSA) is 17.1 Å². The van der Waals surface area contributed by atoms with Crippen molar-refractivity contribution in [2.45, 2.75) is 33.1 Å². The summed E-state index contributed by atoms with van der Waals surface area (Å²) < 4.78 is 0. The van der Waals surface area contributed by atoms with Crippen molar-refractivity contribution in [3.8, 4) is 0 Å². The van der Waals surface area contributed by atoms with Gasteiger partial charge in [0, 0.05) is 6.42 Å². The normalized spacial score (nSPS) is 9.21. The molecule has 0 saturated carbocycles. The van der Waals surface area contributed by atoms with E-state index in [0.29, 0.717) is 12.3 Å². The zero-order valence-corrected chi connectivity index (χ0v) is 9.71. The summed E-state index contributed by atoms with van der Waals surface area (Å²) in [5.41, 5.74) is 1.41. The summed E-state index contributed by atoms with van der Waals surface area (Å²) in [6, 6.07) is 10.5. The monoisotopic (exact) mass is 212 g/mol. The number of hydrogen-bond acceptors (Lipinski definition) is 1. The molecule has 1 aromatic carbocycles. The van der Waals surface area contributed by atoms with Crippen LogP contribution >= 0.6 is 11.6 Å². The largest absolute Gasteiger partial charge is 0.281 e. The van der Waals surface area contributed by atoms with Crippen molar-refractivity contribution in [3.63, 3.8) is 0 Å². The molecule has 0 fully saturated rings. The molecular formula is C12H17ClO. The summed E-state index contributed by atoms with van der Waals surface area (Å²) >= 11 is 4.82. The Labute approximate surface area is 91.1 Å². The van der Waals surface area contributed by atoms with Crippen LogP contribution in [0.1, 0.15) is 38.7 Å². The highest BCUT2D eigenvalue weighted by Gasteiger charge is 1.93. The number of hydrogen-bond donors (Lipinski definition) is 0. The van der Waals surface area contributed by atoms with Crippen LogP contribution in [-0.2, 0) is 4.79 Å². The van der Waals surface area contributed by atoms with Crippen LogP contribution in [0.3, 0.4) is 0 Å². The third kappa shape index (κ3) is 6.67. The van der Waals surface area contributed by atoms with Gasteiger partial charge in [-0.25, -0.2) is 0 Å². The molecule has 0 aliphatic rings. The Hall–Kier alpha value is -0.820. The number of halogens is 1. The van der Waals surface area contributed by atoms with Crippen molar-refractivity contribution in [3.05, 3.63) is 35.9 Å². The Morgan fingerprint density at radius 1 is 1.29 bits per heavy atom. The zero-order valence-electron chi connectivity index (χ0n) is 8.96. The molecule has 78 valence electrons. The van der Waals surface area contributed by atoms with Crippen LogP contribution in [0.25, 0.3) is 0 Å². The fourth-order valence-corrected chi connectivity index (χ4v) is 0.838. The maximum absolute atomic E-state index is 9.58. The van der Waals surface area contributed by atoms with Crippen LogP contribution in [-0.4, -0.2) is 5.24 Å². The molecule has 0 aliphatic heterocycles. The molecule has 0 saturated heterocycles. The molecule has 1 aromatic rings. The summed E-state index contributed by atoms with van der Waals surface area (Å²) in [6.07, 6.45) is 0.432. The van der Waals surface area contributed by atoms with Gasteiger partial charge in [-0.05, 0) is 23.1 Å². The number of benzene rings is 1. The highest BCUT2D eigenvalue weighted by molar-refractivity contribution is 6.63. The maximum Gasteiger partial charge on any atom is 0.221 e. The molecule has 0 aliphatic carbocycles. The molecule has 14 heavy (non-hydrogen) atoms. The van der Waals surface area contributed by atoms with Crippen LogP contribution in [0, 0.1) is 0 Å². The molecule has 0 radical (unpaired) electrons. The van der Waals surface area contributed by atoms with E-state index >= 15 is 0 Å². The highest BCUT2D eigenvalue weighted by Crippen LogP contribution is 2.11. The SMILES string of the molecule is CC(C)c1ccccc1.CCC(=O)Cl. The minimum Gasteiger partial charge on any atom is -0.281 e. The van der Waals surface area contributed by atoms with Gasteiger partial charge in [-0.2, -0.15) is 0 Å². The Morgan fingerprint density at radius 3 is 1.93 bits per heavy atom. The Kier molecular flexibility index (Phi) is 7.13. The summed E-state index contributed by atoms with van der Waals surface area (Å²) in [6.45, 7) is 6.12. The third-order valence-electron chi connectivity index (χ3n) is 1.74. The lowest BCUT2D eigenvalue weighted by atomic mass is 10.0. The van der Waals surface area contributed by atoms with E-state index in [0.717, 1.165) is 0 Å². The van der Waals surface area contributed by atoms with Crippen molar-refractivity contribution in [2.24, 2.45) is 0 Å². The first-order chi connectivity index (χ1) is 6.57. The van der Waals surface area contributed by atoms with Gasteiger partial charge in [0.15, 0.2) is 0 Å². The van der Waals surface area contributed by atoms with Crippen molar-refractivity contribution in [2.75, 3.05) is 0 Å². The Balaban J connectivity index is 0.000000292. The molecule has 0 unspecified atom stereocenters. The smallest absolute Gasteiger partial charge is 0.221 e. The van der Waals surface area contributed by atoms with Crippen LogP contribution in [0.4, 0.5) is 0 Å². The third-order valence-corrected chi connectivity index (χ3v) is 2.01. The number of carbonyl (C=O) groups is 1. The van der Waals surface area contributed by atoms with E-state index in [1.54, 1.807) is 6.92 Å². The van der Waals surface area contributed by atoms with Gasteiger partial charge in [0.05, 0.1) is 0 Å². The lowest BCUT2D eigenvalue weighted by Gasteiger charge is -2.01. The molecule has 2 heteroatoms. The number of rotatable bonds is 2. The first kappa shape index (κ1) is 13.2. The first-order valence-electron chi connectivity index (χ1n) is 4.81. The average Bonchev–Trinajstić information content (AvgIpc) is 2.20. The summed E-state index contributed by atoms with van der Waals surface area (Å²) in [5.74, 6) is 0.659. The quantitative estimate of drug-likeness (QED) is 0.678. The standard InChI is InChI=1S/C9H12.C3H5ClO/c1-8(2)9-6-4-3-5-7-9;1-2-3(4)5/h3-8H,1-2H3;2H2,1H3. The van der Waals surface area contributed by atoms with E-state index in [-0.39, 0.29) is 5.24 Å². The van der Waals surface area contributed by atoms with E-state index in [1.165, 1.54) is 5.56 Å². The molecule has 1 nitrogen and oxygen atoms in total. The Morgan fingerprint density at radius 2 is 1.71 bits per heavy atom. The van der Waals surface area contributed by atoms with E-state index in [4.69, 9.17) is 11.6 Å². The second-order valence-corrected chi connectivity index (χ2v) is 3.70. The van der Waals surface area contributed by atoms with Gasteiger partial charge in [-0.3, -0.25) is 4.79 Å². The Bertz CT molecular complexity index is 254. The minimum absolute atomic E-state index is 0.273. The summed E-state index contributed by atoms with van der Waals surface area (Å²) in [5, 5.41) is -0.273. The van der Waals surface area contributed by atoms with Crippen LogP contribution in [0.15, 0.2) is 30.3 Å².